The van der Waals surface area contributed by atoms with Crippen molar-refractivity contribution in [3.8, 4) is 6.07 Å². The quantitative estimate of drug-likeness (QED) is 0.839. The third kappa shape index (κ3) is 3.14. The lowest BCUT2D eigenvalue weighted by atomic mass is 9.82. The van der Waals surface area contributed by atoms with E-state index in [0.29, 0.717) is 27.8 Å². The summed E-state index contributed by atoms with van der Waals surface area (Å²) >= 11 is 12.2. The molecule has 1 aliphatic heterocycles. The lowest BCUT2D eigenvalue weighted by Crippen LogP contribution is -2.25. The van der Waals surface area contributed by atoms with Gasteiger partial charge < -0.3 is 15.2 Å². The van der Waals surface area contributed by atoms with E-state index in [1.165, 1.54) is 7.11 Å². The first-order valence-corrected chi connectivity index (χ1v) is 7.54. The molecule has 0 saturated heterocycles. The number of halogens is 2. The molecule has 2 N–H and O–H groups in total. The van der Waals surface area contributed by atoms with Crippen molar-refractivity contribution in [3.05, 3.63) is 56.6 Å². The third-order valence-corrected chi connectivity index (χ3v) is 4.06. The zero-order valence-corrected chi connectivity index (χ0v) is 14.0. The summed E-state index contributed by atoms with van der Waals surface area (Å²) in [4.78, 5) is 12.3. The van der Waals surface area contributed by atoms with E-state index in [2.05, 4.69) is 0 Å². The molecule has 0 bridgehead atoms. The number of nitriles is 1. The first-order valence-electron chi connectivity index (χ1n) is 6.78. The zero-order valence-electron chi connectivity index (χ0n) is 12.5. The van der Waals surface area contributed by atoms with Crippen molar-refractivity contribution in [3.63, 3.8) is 0 Å². The summed E-state index contributed by atoms with van der Waals surface area (Å²) in [5.74, 6) is -1.06. The van der Waals surface area contributed by atoms with Gasteiger partial charge in [-0.05, 0) is 17.7 Å². The van der Waals surface area contributed by atoms with Crippen LogP contribution in [-0.2, 0) is 14.3 Å². The smallest absolute Gasteiger partial charge is 0.338 e. The molecule has 1 aliphatic rings. The van der Waals surface area contributed by atoms with Crippen LogP contribution in [0.4, 0.5) is 0 Å². The number of carbonyl (C=O) groups is 1. The van der Waals surface area contributed by atoms with Crippen LogP contribution in [0.3, 0.4) is 0 Å². The number of nitrogens with zero attached hydrogens (tertiary/aromatic N) is 1. The Kier molecular flexibility index (Phi) is 5.19. The molecule has 0 aliphatic carbocycles. The second-order valence-corrected chi connectivity index (χ2v) is 5.62. The molecule has 120 valence electrons. The largest absolute Gasteiger partial charge is 0.466 e. The van der Waals surface area contributed by atoms with E-state index in [9.17, 15) is 10.1 Å². The molecule has 1 unspecified atom stereocenters. The van der Waals surface area contributed by atoms with Crippen molar-refractivity contribution < 1.29 is 14.3 Å². The molecule has 23 heavy (non-hydrogen) atoms. The van der Waals surface area contributed by atoms with Crippen molar-refractivity contribution in [2.75, 3.05) is 7.11 Å². The van der Waals surface area contributed by atoms with E-state index in [1.807, 2.05) is 13.0 Å². The van der Waals surface area contributed by atoms with Crippen LogP contribution in [0.5, 0.6) is 0 Å². The van der Waals surface area contributed by atoms with Crippen LogP contribution < -0.4 is 5.73 Å². The Morgan fingerprint density at radius 2 is 2.17 bits per heavy atom. The minimum absolute atomic E-state index is 0.0481. The summed E-state index contributed by atoms with van der Waals surface area (Å²) in [6, 6.07) is 6.82. The van der Waals surface area contributed by atoms with Gasteiger partial charge >= 0.3 is 5.97 Å². The number of allylic oxidation sites excluding steroid dienone is 2. The van der Waals surface area contributed by atoms with Crippen molar-refractivity contribution >= 4 is 29.2 Å². The number of methoxy groups -OCH3 is 1. The van der Waals surface area contributed by atoms with Gasteiger partial charge in [0.2, 0.25) is 5.88 Å². The molecule has 0 radical (unpaired) electrons. The molecular weight excluding hydrogens is 339 g/mol. The van der Waals surface area contributed by atoms with Gasteiger partial charge in [-0.2, -0.15) is 5.26 Å². The van der Waals surface area contributed by atoms with E-state index in [1.54, 1.807) is 18.2 Å². The molecule has 5 nitrogen and oxygen atoms in total. The highest BCUT2D eigenvalue weighted by molar-refractivity contribution is 6.35. The van der Waals surface area contributed by atoms with Gasteiger partial charge in [0.25, 0.3) is 0 Å². The van der Waals surface area contributed by atoms with E-state index in [0.717, 1.165) is 0 Å². The molecule has 0 fully saturated rings. The van der Waals surface area contributed by atoms with E-state index < -0.39 is 11.9 Å². The molecule has 0 amide bonds. The van der Waals surface area contributed by atoms with Gasteiger partial charge in [-0.3, -0.25) is 0 Å². The van der Waals surface area contributed by atoms with Crippen LogP contribution >= 0.6 is 23.2 Å². The fraction of sp³-hybridized carbons (Fsp3) is 0.250. The van der Waals surface area contributed by atoms with Crippen LogP contribution in [0.15, 0.2) is 41.0 Å². The normalized spacial score (nSPS) is 17.6. The Morgan fingerprint density at radius 3 is 2.70 bits per heavy atom. The van der Waals surface area contributed by atoms with Gasteiger partial charge in [-0.1, -0.05) is 36.2 Å². The number of benzene rings is 1. The van der Waals surface area contributed by atoms with Crippen LogP contribution in [0.25, 0.3) is 0 Å². The van der Waals surface area contributed by atoms with Gasteiger partial charge in [0.05, 0.1) is 18.6 Å². The molecule has 1 aromatic rings. The predicted octanol–water partition coefficient (Wildman–Crippen LogP) is 3.64. The molecule has 0 spiro atoms. The van der Waals surface area contributed by atoms with Crippen LogP contribution in [0.2, 0.25) is 10.0 Å². The molecule has 1 atom stereocenters. The first kappa shape index (κ1) is 17.2. The number of carbonyl (C=O) groups excluding carboxylic acids is 1. The standard InChI is InChI=1S/C16H14Cl2N2O3/c1-3-12-14(16(21)22-2)13(10(7-19)15(20)23-12)9-5-4-8(17)6-11(9)18/h4-6,13H,3,20H2,1-2H3. The van der Waals surface area contributed by atoms with Gasteiger partial charge in [-0.25, -0.2) is 4.79 Å². The molecule has 7 heteroatoms. The minimum atomic E-state index is -0.763. The number of hydrogen-bond donors (Lipinski definition) is 1. The summed E-state index contributed by atoms with van der Waals surface area (Å²) in [5.41, 5.74) is 6.70. The molecule has 1 aromatic carbocycles. The third-order valence-electron chi connectivity index (χ3n) is 3.50. The Hall–Kier alpha value is -2.16. The Balaban J connectivity index is 2.74. The number of hydrogen-bond acceptors (Lipinski definition) is 5. The van der Waals surface area contributed by atoms with Crippen molar-refractivity contribution in [2.45, 2.75) is 19.3 Å². The second kappa shape index (κ2) is 6.95. The van der Waals surface area contributed by atoms with Gasteiger partial charge in [-0.15, -0.1) is 0 Å². The van der Waals surface area contributed by atoms with E-state index in [-0.39, 0.29) is 17.0 Å². The number of rotatable bonds is 3. The summed E-state index contributed by atoms with van der Waals surface area (Å²) in [6.07, 6.45) is 0.408. The van der Waals surface area contributed by atoms with E-state index in [4.69, 9.17) is 38.4 Å². The number of esters is 1. The topological polar surface area (TPSA) is 85.3 Å². The van der Waals surface area contributed by atoms with Gasteiger partial charge in [0, 0.05) is 16.5 Å². The average molecular weight is 353 g/mol. The maximum Gasteiger partial charge on any atom is 0.338 e. The number of ether oxygens (including phenoxy) is 2. The van der Waals surface area contributed by atoms with Gasteiger partial charge in [0.15, 0.2) is 0 Å². The predicted molar refractivity (Wildman–Crippen MR) is 86.4 cm³/mol. The highest BCUT2D eigenvalue weighted by Gasteiger charge is 2.37. The lowest BCUT2D eigenvalue weighted by Gasteiger charge is -2.28. The van der Waals surface area contributed by atoms with Gasteiger partial charge in [0.1, 0.15) is 17.4 Å². The fourth-order valence-corrected chi connectivity index (χ4v) is 2.98. The fourth-order valence-electron chi connectivity index (χ4n) is 2.46. The van der Waals surface area contributed by atoms with Crippen molar-refractivity contribution in [2.24, 2.45) is 5.73 Å². The maximum atomic E-state index is 12.3. The molecular formula is C16H14Cl2N2O3. The van der Waals surface area contributed by atoms with Crippen molar-refractivity contribution in [1.82, 2.24) is 0 Å². The SMILES string of the molecule is CCC1=C(C(=O)OC)C(c2ccc(Cl)cc2Cl)C(C#N)=C(N)O1. The maximum absolute atomic E-state index is 12.3. The Morgan fingerprint density at radius 1 is 1.48 bits per heavy atom. The van der Waals surface area contributed by atoms with Crippen LogP contribution in [0.1, 0.15) is 24.8 Å². The summed E-state index contributed by atoms with van der Waals surface area (Å²) in [5, 5.41) is 10.2. The molecule has 2 rings (SSSR count). The van der Waals surface area contributed by atoms with Crippen LogP contribution in [-0.4, -0.2) is 13.1 Å². The summed E-state index contributed by atoms with van der Waals surface area (Å²) < 4.78 is 10.3. The lowest BCUT2D eigenvalue weighted by molar-refractivity contribution is -0.136. The highest BCUT2D eigenvalue weighted by Crippen LogP contribution is 2.43. The van der Waals surface area contributed by atoms with Crippen LogP contribution in [0, 0.1) is 11.3 Å². The second-order valence-electron chi connectivity index (χ2n) is 4.77. The monoisotopic (exact) mass is 352 g/mol. The highest BCUT2D eigenvalue weighted by atomic mass is 35.5. The summed E-state index contributed by atoms with van der Waals surface area (Å²) in [6.45, 7) is 1.81. The molecule has 0 saturated carbocycles. The molecule has 1 heterocycles. The zero-order chi connectivity index (χ0) is 17.1. The molecule has 0 aromatic heterocycles. The Bertz CT molecular complexity index is 763. The summed E-state index contributed by atoms with van der Waals surface area (Å²) in [7, 11) is 1.26. The first-order chi connectivity index (χ1) is 10.9. The Labute approximate surface area is 143 Å². The minimum Gasteiger partial charge on any atom is -0.466 e. The number of nitrogens with two attached hydrogens (primary N) is 1. The average Bonchev–Trinajstić information content (AvgIpc) is 2.53. The van der Waals surface area contributed by atoms with Crippen molar-refractivity contribution in [1.29, 1.82) is 5.26 Å². The van der Waals surface area contributed by atoms with E-state index >= 15 is 0 Å².